The molecule has 0 atom stereocenters. The second-order valence-electron chi connectivity index (χ2n) is 3.75. The molecule has 0 amide bonds. The van der Waals surface area contributed by atoms with E-state index in [4.69, 9.17) is 0 Å². The molecule has 0 spiro atoms. The fourth-order valence-electron chi connectivity index (χ4n) is 1.40. The van der Waals surface area contributed by atoms with E-state index in [-0.39, 0.29) is 18.2 Å². The molecule has 2 N–H and O–H groups in total. The van der Waals surface area contributed by atoms with Crippen molar-refractivity contribution in [3.8, 4) is 0 Å². The molecule has 0 aliphatic carbocycles. The molecular formula is C11H19ClN2O2S. The van der Waals surface area contributed by atoms with Crippen LogP contribution in [0.5, 0.6) is 0 Å². The summed E-state index contributed by atoms with van der Waals surface area (Å²) in [5, 5.41) is 2.89. The van der Waals surface area contributed by atoms with Gasteiger partial charge in [0.2, 0.25) is 10.0 Å². The Bertz CT molecular complexity index is 435. The largest absolute Gasteiger partial charge is 0.318 e. The molecule has 6 heteroatoms. The highest BCUT2D eigenvalue weighted by molar-refractivity contribution is 7.88. The summed E-state index contributed by atoms with van der Waals surface area (Å²) in [5.41, 5.74) is 1.89. The second kappa shape index (κ2) is 7.66. The van der Waals surface area contributed by atoms with Crippen LogP contribution in [0.3, 0.4) is 0 Å². The van der Waals surface area contributed by atoms with E-state index >= 15 is 0 Å². The van der Waals surface area contributed by atoms with E-state index in [2.05, 4.69) is 10.0 Å². The van der Waals surface area contributed by atoms with E-state index in [1.807, 2.05) is 31.2 Å². The van der Waals surface area contributed by atoms with Gasteiger partial charge in [0.15, 0.2) is 0 Å². The predicted octanol–water partition coefficient (Wildman–Crippen LogP) is 1.06. The number of sulfonamides is 1. The van der Waals surface area contributed by atoms with Gasteiger partial charge in [-0.25, -0.2) is 13.1 Å². The molecule has 98 valence electrons. The van der Waals surface area contributed by atoms with Crippen LogP contribution in [0, 0.1) is 6.92 Å². The van der Waals surface area contributed by atoms with Gasteiger partial charge in [0.05, 0.1) is 5.75 Å². The molecule has 0 aliphatic rings. The lowest BCUT2D eigenvalue weighted by Gasteiger charge is -2.06. The van der Waals surface area contributed by atoms with Crippen molar-refractivity contribution in [2.45, 2.75) is 12.7 Å². The highest BCUT2D eigenvalue weighted by Crippen LogP contribution is 2.07. The number of rotatable bonds is 6. The molecule has 0 aromatic heterocycles. The Labute approximate surface area is 109 Å². The first-order chi connectivity index (χ1) is 7.53. The highest BCUT2D eigenvalue weighted by atomic mass is 35.5. The summed E-state index contributed by atoms with van der Waals surface area (Å²) in [4.78, 5) is 0. The Morgan fingerprint density at radius 3 is 2.53 bits per heavy atom. The van der Waals surface area contributed by atoms with Gasteiger partial charge in [0.25, 0.3) is 0 Å². The number of likely N-dealkylation sites (N-methyl/N-ethyl adjacent to an activating group) is 1. The van der Waals surface area contributed by atoms with Crippen LogP contribution >= 0.6 is 12.4 Å². The zero-order chi connectivity index (χ0) is 12.0. The van der Waals surface area contributed by atoms with Gasteiger partial charge in [0, 0.05) is 13.1 Å². The third kappa shape index (κ3) is 6.63. The molecule has 0 bridgehead atoms. The molecule has 4 nitrogen and oxygen atoms in total. The molecule has 17 heavy (non-hydrogen) atoms. The molecule has 1 aromatic carbocycles. The second-order valence-corrected chi connectivity index (χ2v) is 5.55. The highest BCUT2D eigenvalue weighted by Gasteiger charge is 2.10. The maximum absolute atomic E-state index is 11.6. The first-order valence-electron chi connectivity index (χ1n) is 5.21. The van der Waals surface area contributed by atoms with Gasteiger partial charge < -0.3 is 5.32 Å². The number of hydrogen-bond acceptors (Lipinski definition) is 3. The quantitative estimate of drug-likeness (QED) is 0.765. The molecule has 0 saturated heterocycles. The fourth-order valence-corrected chi connectivity index (χ4v) is 2.54. The van der Waals surface area contributed by atoms with E-state index in [1.54, 1.807) is 7.05 Å². The lowest BCUT2D eigenvalue weighted by molar-refractivity contribution is 0.578. The van der Waals surface area contributed by atoms with E-state index < -0.39 is 10.0 Å². The van der Waals surface area contributed by atoms with Crippen LogP contribution in [0.1, 0.15) is 11.1 Å². The Hall–Kier alpha value is -0.620. The summed E-state index contributed by atoms with van der Waals surface area (Å²) in [6.07, 6.45) is 0. The molecule has 1 rings (SSSR count). The summed E-state index contributed by atoms with van der Waals surface area (Å²) in [6.45, 7) is 3.00. The first-order valence-corrected chi connectivity index (χ1v) is 6.86. The zero-order valence-corrected chi connectivity index (χ0v) is 11.7. The van der Waals surface area contributed by atoms with Crippen LogP contribution in [0.2, 0.25) is 0 Å². The number of halogens is 1. The van der Waals surface area contributed by atoms with Crippen LogP contribution < -0.4 is 10.0 Å². The van der Waals surface area contributed by atoms with Gasteiger partial charge in [0.1, 0.15) is 0 Å². The normalized spacial score (nSPS) is 10.9. The molecule has 0 aliphatic heterocycles. The van der Waals surface area contributed by atoms with Gasteiger partial charge >= 0.3 is 0 Å². The Morgan fingerprint density at radius 1 is 1.24 bits per heavy atom. The molecular weight excluding hydrogens is 260 g/mol. The Balaban J connectivity index is 0.00000256. The minimum absolute atomic E-state index is 0. The van der Waals surface area contributed by atoms with Crippen molar-refractivity contribution in [1.82, 2.24) is 10.0 Å². The van der Waals surface area contributed by atoms with E-state index in [1.165, 1.54) is 0 Å². The Kier molecular flexibility index (Phi) is 7.38. The average molecular weight is 279 g/mol. The third-order valence-electron chi connectivity index (χ3n) is 2.14. The van der Waals surface area contributed by atoms with Crippen LogP contribution in [-0.2, 0) is 15.8 Å². The summed E-state index contributed by atoms with van der Waals surface area (Å²) in [6, 6.07) is 7.53. The SMILES string of the molecule is CNCCNS(=O)(=O)Cc1cccc(C)c1.Cl. The molecule has 1 aromatic rings. The molecule has 0 heterocycles. The van der Waals surface area contributed by atoms with E-state index in [9.17, 15) is 8.42 Å². The van der Waals surface area contributed by atoms with Crippen LogP contribution in [0.15, 0.2) is 24.3 Å². The fraction of sp³-hybridized carbons (Fsp3) is 0.455. The number of hydrogen-bond donors (Lipinski definition) is 2. The summed E-state index contributed by atoms with van der Waals surface area (Å²) in [5.74, 6) is 0.0401. The summed E-state index contributed by atoms with van der Waals surface area (Å²) >= 11 is 0. The van der Waals surface area contributed by atoms with Gasteiger partial charge in [-0.15, -0.1) is 12.4 Å². The van der Waals surface area contributed by atoms with Gasteiger partial charge in [-0.1, -0.05) is 29.8 Å². The van der Waals surface area contributed by atoms with Gasteiger partial charge in [-0.05, 0) is 19.5 Å². The van der Waals surface area contributed by atoms with Crippen molar-refractivity contribution in [3.05, 3.63) is 35.4 Å². The standard InChI is InChI=1S/C11H18N2O2S.ClH/c1-10-4-3-5-11(8-10)9-16(14,15)13-7-6-12-2;/h3-5,8,12-13H,6-7,9H2,1-2H3;1H. The van der Waals surface area contributed by atoms with E-state index in [0.29, 0.717) is 13.1 Å². The average Bonchev–Trinajstić information content (AvgIpc) is 2.17. The minimum atomic E-state index is -3.21. The lowest BCUT2D eigenvalue weighted by atomic mass is 10.2. The number of nitrogens with one attached hydrogen (secondary N) is 2. The molecule has 0 unspecified atom stereocenters. The van der Waals surface area contributed by atoms with Crippen molar-refractivity contribution < 1.29 is 8.42 Å². The van der Waals surface area contributed by atoms with Crippen LogP contribution in [0.4, 0.5) is 0 Å². The minimum Gasteiger partial charge on any atom is -0.318 e. The zero-order valence-electron chi connectivity index (χ0n) is 10.1. The lowest BCUT2D eigenvalue weighted by Crippen LogP contribution is -2.31. The topological polar surface area (TPSA) is 58.2 Å². The third-order valence-corrected chi connectivity index (χ3v) is 3.49. The monoisotopic (exact) mass is 278 g/mol. The van der Waals surface area contributed by atoms with Crippen molar-refractivity contribution in [1.29, 1.82) is 0 Å². The van der Waals surface area contributed by atoms with Gasteiger partial charge in [-0.2, -0.15) is 0 Å². The molecule has 0 radical (unpaired) electrons. The number of benzene rings is 1. The molecule has 0 saturated carbocycles. The van der Waals surface area contributed by atoms with Crippen LogP contribution in [-0.4, -0.2) is 28.6 Å². The van der Waals surface area contributed by atoms with Crippen molar-refractivity contribution >= 4 is 22.4 Å². The molecule has 0 fully saturated rings. The maximum atomic E-state index is 11.6. The van der Waals surface area contributed by atoms with E-state index in [0.717, 1.165) is 11.1 Å². The van der Waals surface area contributed by atoms with Crippen molar-refractivity contribution in [2.24, 2.45) is 0 Å². The van der Waals surface area contributed by atoms with Crippen molar-refractivity contribution in [3.63, 3.8) is 0 Å². The first kappa shape index (κ1) is 16.4. The summed E-state index contributed by atoms with van der Waals surface area (Å²) in [7, 11) is -1.43. The smallest absolute Gasteiger partial charge is 0.215 e. The maximum Gasteiger partial charge on any atom is 0.215 e. The Morgan fingerprint density at radius 2 is 1.94 bits per heavy atom. The number of aryl methyl sites for hydroxylation is 1. The van der Waals surface area contributed by atoms with Gasteiger partial charge in [-0.3, -0.25) is 0 Å². The summed E-state index contributed by atoms with van der Waals surface area (Å²) < 4.78 is 25.8. The predicted molar refractivity (Wildman–Crippen MR) is 73.0 cm³/mol. The van der Waals surface area contributed by atoms with Crippen LogP contribution in [0.25, 0.3) is 0 Å². The van der Waals surface area contributed by atoms with Crippen molar-refractivity contribution in [2.75, 3.05) is 20.1 Å².